The molecule has 1 aromatic carbocycles. The van der Waals surface area contributed by atoms with E-state index in [-0.39, 0.29) is 0 Å². The third kappa shape index (κ3) is 3.11. The Morgan fingerprint density at radius 3 is 2.76 bits per heavy atom. The summed E-state index contributed by atoms with van der Waals surface area (Å²) in [6, 6.07) is 7.95. The van der Waals surface area contributed by atoms with E-state index in [4.69, 9.17) is 4.74 Å². The average Bonchev–Trinajstić information content (AvgIpc) is 2.87. The second-order valence-corrected chi connectivity index (χ2v) is 6.95. The highest BCUT2D eigenvalue weighted by Gasteiger charge is 2.33. The lowest BCUT2D eigenvalue weighted by Crippen LogP contribution is -2.43. The zero-order valence-electron chi connectivity index (χ0n) is 13.7. The topological polar surface area (TPSA) is 21.3 Å². The molecule has 0 spiro atoms. The zero-order chi connectivity index (χ0) is 14.8. The first-order valence-corrected chi connectivity index (χ1v) is 8.63. The lowest BCUT2D eigenvalue weighted by molar-refractivity contribution is 0.308. The van der Waals surface area contributed by atoms with Crippen LogP contribution in [-0.4, -0.2) is 19.2 Å². The molecule has 4 unspecified atom stereocenters. The van der Waals surface area contributed by atoms with E-state index >= 15 is 0 Å². The minimum Gasteiger partial charge on any atom is -0.497 e. The van der Waals surface area contributed by atoms with Gasteiger partial charge in [-0.05, 0) is 67.2 Å². The van der Waals surface area contributed by atoms with Crippen LogP contribution in [-0.2, 0) is 12.8 Å². The third-order valence-electron chi connectivity index (χ3n) is 5.84. The van der Waals surface area contributed by atoms with E-state index in [1.54, 1.807) is 7.11 Å². The number of ether oxygens (including phenoxy) is 1. The molecule has 0 amide bonds. The Morgan fingerprint density at radius 2 is 2.05 bits per heavy atom. The number of hydrogen-bond acceptors (Lipinski definition) is 2. The van der Waals surface area contributed by atoms with Gasteiger partial charge >= 0.3 is 0 Å². The molecule has 2 aliphatic carbocycles. The van der Waals surface area contributed by atoms with E-state index in [1.807, 2.05) is 0 Å². The molecule has 4 atom stereocenters. The summed E-state index contributed by atoms with van der Waals surface area (Å²) < 4.78 is 5.37. The maximum absolute atomic E-state index is 5.37. The molecule has 116 valence electrons. The van der Waals surface area contributed by atoms with Crippen LogP contribution in [0.3, 0.4) is 0 Å². The average molecular weight is 287 g/mol. The molecular formula is C19H29NO. The third-order valence-corrected chi connectivity index (χ3v) is 5.84. The molecule has 21 heavy (non-hydrogen) atoms. The van der Waals surface area contributed by atoms with Crippen LogP contribution in [0.2, 0.25) is 0 Å². The summed E-state index contributed by atoms with van der Waals surface area (Å²) in [6.07, 6.45) is 7.75. The number of methoxy groups -OCH3 is 1. The molecule has 2 aliphatic rings. The van der Waals surface area contributed by atoms with Crippen molar-refractivity contribution in [1.29, 1.82) is 0 Å². The second-order valence-electron chi connectivity index (χ2n) is 6.95. The van der Waals surface area contributed by atoms with Crippen molar-refractivity contribution in [2.45, 2.75) is 64.5 Å². The largest absolute Gasteiger partial charge is 0.497 e. The van der Waals surface area contributed by atoms with Crippen LogP contribution in [0.25, 0.3) is 0 Å². The van der Waals surface area contributed by atoms with Gasteiger partial charge in [-0.25, -0.2) is 0 Å². The Kier molecular flexibility index (Phi) is 4.54. The molecule has 0 radical (unpaired) electrons. The molecule has 1 saturated carbocycles. The standard InChI is InChI=1S/C19H29NO/c1-4-14-7-10-19(13(14)2)20-17-8-5-15-6-9-18(21-3)12-16(15)11-17/h6,9,12-14,17,19-20H,4-5,7-8,10-11H2,1-3H3. The van der Waals surface area contributed by atoms with Crippen molar-refractivity contribution in [2.24, 2.45) is 11.8 Å². The van der Waals surface area contributed by atoms with Crippen molar-refractivity contribution in [3.8, 4) is 5.75 Å². The molecule has 0 heterocycles. The van der Waals surface area contributed by atoms with Crippen molar-refractivity contribution in [1.82, 2.24) is 5.32 Å². The molecule has 0 aliphatic heterocycles. The number of nitrogens with one attached hydrogen (secondary N) is 1. The molecule has 0 bridgehead atoms. The number of benzene rings is 1. The number of fused-ring (bicyclic) bond motifs is 1. The second kappa shape index (κ2) is 6.39. The molecule has 0 aromatic heterocycles. The van der Waals surface area contributed by atoms with Crippen LogP contribution in [0.5, 0.6) is 5.75 Å². The van der Waals surface area contributed by atoms with Crippen LogP contribution in [0, 0.1) is 11.8 Å². The lowest BCUT2D eigenvalue weighted by atomic mass is 9.86. The van der Waals surface area contributed by atoms with Gasteiger partial charge < -0.3 is 10.1 Å². The molecule has 2 nitrogen and oxygen atoms in total. The molecular weight excluding hydrogens is 258 g/mol. The maximum Gasteiger partial charge on any atom is 0.119 e. The Balaban J connectivity index is 1.64. The summed E-state index contributed by atoms with van der Waals surface area (Å²) in [5.74, 6) is 2.76. The monoisotopic (exact) mass is 287 g/mol. The van der Waals surface area contributed by atoms with Crippen molar-refractivity contribution < 1.29 is 4.74 Å². The highest BCUT2D eigenvalue weighted by Crippen LogP contribution is 2.35. The minimum absolute atomic E-state index is 0.646. The molecule has 3 rings (SSSR count). The van der Waals surface area contributed by atoms with Crippen LogP contribution in [0.1, 0.15) is 50.7 Å². The van der Waals surface area contributed by atoms with Crippen LogP contribution < -0.4 is 10.1 Å². The van der Waals surface area contributed by atoms with Gasteiger partial charge in [0, 0.05) is 12.1 Å². The smallest absolute Gasteiger partial charge is 0.119 e. The SMILES string of the molecule is CCC1CCC(NC2CCc3ccc(OC)cc3C2)C1C. The first kappa shape index (κ1) is 14.9. The van der Waals surface area contributed by atoms with Crippen molar-refractivity contribution >= 4 is 0 Å². The van der Waals surface area contributed by atoms with E-state index in [2.05, 4.69) is 37.4 Å². The minimum atomic E-state index is 0.646. The van der Waals surface area contributed by atoms with Crippen LogP contribution in [0.15, 0.2) is 18.2 Å². The van der Waals surface area contributed by atoms with Gasteiger partial charge in [0.1, 0.15) is 5.75 Å². The summed E-state index contributed by atoms with van der Waals surface area (Å²) in [7, 11) is 1.76. The van der Waals surface area contributed by atoms with E-state index in [9.17, 15) is 0 Å². The predicted octanol–water partition coefficient (Wildman–Crippen LogP) is 3.97. The number of hydrogen-bond donors (Lipinski definition) is 1. The van der Waals surface area contributed by atoms with Gasteiger partial charge in [0.05, 0.1) is 7.11 Å². The summed E-state index contributed by atoms with van der Waals surface area (Å²) in [5.41, 5.74) is 3.00. The fourth-order valence-electron chi connectivity index (χ4n) is 4.36. The Bertz CT molecular complexity index is 484. The van der Waals surface area contributed by atoms with Gasteiger partial charge in [0.2, 0.25) is 0 Å². The Hall–Kier alpha value is -1.02. The quantitative estimate of drug-likeness (QED) is 0.905. The van der Waals surface area contributed by atoms with Gasteiger partial charge in [0.25, 0.3) is 0 Å². The van der Waals surface area contributed by atoms with E-state index in [1.165, 1.54) is 43.2 Å². The van der Waals surface area contributed by atoms with E-state index in [0.29, 0.717) is 6.04 Å². The number of rotatable bonds is 4. The van der Waals surface area contributed by atoms with Gasteiger partial charge in [-0.1, -0.05) is 26.3 Å². The molecule has 1 aromatic rings. The zero-order valence-corrected chi connectivity index (χ0v) is 13.7. The maximum atomic E-state index is 5.37. The van der Waals surface area contributed by atoms with Crippen molar-refractivity contribution in [3.63, 3.8) is 0 Å². The lowest BCUT2D eigenvalue weighted by Gasteiger charge is -2.31. The van der Waals surface area contributed by atoms with Crippen molar-refractivity contribution in [3.05, 3.63) is 29.3 Å². The molecule has 0 saturated heterocycles. The van der Waals surface area contributed by atoms with Gasteiger partial charge in [-0.2, -0.15) is 0 Å². The molecule has 1 fully saturated rings. The van der Waals surface area contributed by atoms with Crippen molar-refractivity contribution in [2.75, 3.05) is 7.11 Å². The fraction of sp³-hybridized carbons (Fsp3) is 0.684. The number of aryl methyl sites for hydroxylation is 1. The van der Waals surface area contributed by atoms with Crippen LogP contribution >= 0.6 is 0 Å². The molecule has 2 heteroatoms. The highest BCUT2D eigenvalue weighted by molar-refractivity contribution is 5.37. The first-order chi connectivity index (χ1) is 10.2. The predicted molar refractivity (Wildman–Crippen MR) is 87.9 cm³/mol. The van der Waals surface area contributed by atoms with Gasteiger partial charge in [0.15, 0.2) is 0 Å². The van der Waals surface area contributed by atoms with Gasteiger partial charge in [-0.3, -0.25) is 0 Å². The Labute approximate surface area is 129 Å². The summed E-state index contributed by atoms with van der Waals surface area (Å²) >= 11 is 0. The highest BCUT2D eigenvalue weighted by atomic mass is 16.5. The van der Waals surface area contributed by atoms with E-state index in [0.717, 1.165) is 30.0 Å². The summed E-state index contributed by atoms with van der Waals surface area (Å²) in [5, 5.41) is 3.97. The molecule has 1 N–H and O–H groups in total. The van der Waals surface area contributed by atoms with Gasteiger partial charge in [-0.15, -0.1) is 0 Å². The fourth-order valence-corrected chi connectivity index (χ4v) is 4.36. The Morgan fingerprint density at radius 1 is 1.19 bits per heavy atom. The first-order valence-electron chi connectivity index (χ1n) is 8.63. The summed E-state index contributed by atoms with van der Waals surface area (Å²) in [4.78, 5) is 0. The van der Waals surface area contributed by atoms with E-state index < -0.39 is 0 Å². The normalized spacial score (nSPS) is 32.0. The summed E-state index contributed by atoms with van der Waals surface area (Å²) in [6.45, 7) is 4.78. The van der Waals surface area contributed by atoms with Crippen LogP contribution in [0.4, 0.5) is 0 Å².